The Morgan fingerprint density at radius 1 is 1.18 bits per heavy atom. The van der Waals surface area contributed by atoms with Crippen LogP contribution in [0.1, 0.15) is 29.7 Å². The molecule has 0 aliphatic rings. The fourth-order valence-corrected chi connectivity index (χ4v) is 2.58. The first-order valence-corrected chi connectivity index (χ1v) is 9.42. The molecule has 28 heavy (non-hydrogen) atoms. The van der Waals surface area contributed by atoms with Crippen molar-refractivity contribution in [1.29, 1.82) is 0 Å². The molecule has 2 aromatic carbocycles. The minimum atomic E-state index is -0.232. The number of amides is 1. The summed E-state index contributed by atoms with van der Waals surface area (Å²) in [6.45, 7) is 4.39. The van der Waals surface area contributed by atoms with Gasteiger partial charge in [0.05, 0.1) is 6.04 Å². The fourth-order valence-electron chi connectivity index (χ4n) is 2.58. The van der Waals surface area contributed by atoms with Crippen molar-refractivity contribution in [3.63, 3.8) is 0 Å². The van der Waals surface area contributed by atoms with Crippen LogP contribution >= 0.6 is 0 Å². The summed E-state index contributed by atoms with van der Waals surface area (Å²) in [6, 6.07) is 15.2. The van der Waals surface area contributed by atoms with E-state index in [0.717, 1.165) is 12.0 Å². The quantitative estimate of drug-likeness (QED) is 0.570. The molecule has 2 N–H and O–H groups in total. The number of aliphatic imine (C=N–C) groups is 1. The van der Waals surface area contributed by atoms with Gasteiger partial charge < -0.3 is 15.5 Å². The molecular weight excluding hydrogens is 355 g/mol. The van der Waals surface area contributed by atoms with Crippen molar-refractivity contribution in [2.24, 2.45) is 4.99 Å². The molecule has 0 aromatic heterocycles. The highest BCUT2D eigenvalue weighted by Crippen LogP contribution is 2.16. The van der Waals surface area contributed by atoms with E-state index in [1.54, 1.807) is 27.1 Å². The van der Waals surface area contributed by atoms with E-state index in [2.05, 4.69) is 27.8 Å². The van der Waals surface area contributed by atoms with Gasteiger partial charge in [-0.2, -0.15) is 0 Å². The Labute approximate surface area is 166 Å². The maximum atomic E-state index is 13.9. The number of benzene rings is 2. The third-order valence-electron chi connectivity index (χ3n) is 4.47. The van der Waals surface area contributed by atoms with Crippen molar-refractivity contribution in [3.8, 4) is 0 Å². The topological polar surface area (TPSA) is 56.7 Å². The fraction of sp³-hybridized carbons (Fsp3) is 0.364. The molecule has 150 valence electrons. The largest absolute Gasteiger partial charge is 0.356 e. The van der Waals surface area contributed by atoms with Crippen LogP contribution in [0.5, 0.6) is 0 Å². The zero-order chi connectivity index (χ0) is 20.5. The molecule has 0 radical (unpaired) electrons. The van der Waals surface area contributed by atoms with E-state index in [-0.39, 0.29) is 24.3 Å². The van der Waals surface area contributed by atoms with Gasteiger partial charge in [-0.15, -0.1) is 0 Å². The summed E-state index contributed by atoms with van der Waals surface area (Å²) in [5.74, 6) is 0.210. The number of aryl methyl sites for hydroxylation is 1. The summed E-state index contributed by atoms with van der Waals surface area (Å²) in [5, 5.41) is 6.53. The van der Waals surface area contributed by atoms with Crippen LogP contribution in [0.15, 0.2) is 53.5 Å². The molecule has 0 saturated heterocycles. The maximum absolute atomic E-state index is 13.9. The molecule has 6 heteroatoms. The van der Waals surface area contributed by atoms with Crippen LogP contribution in [0.4, 0.5) is 4.39 Å². The van der Waals surface area contributed by atoms with Gasteiger partial charge in [0.2, 0.25) is 5.91 Å². The van der Waals surface area contributed by atoms with E-state index in [9.17, 15) is 9.18 Å². The highest BCUT2D eigenvalue weighted by Gasteiger charge is 2.11. The number of guanidine groups is 1. The summed E-state index contributed by atoms with van der Waals surface area (Å²) in [4.78, 5) is 17.8. The molecule has 1 atom stereocenters. The normalized spacial score (nSPS) is 12.4. The second-order valence-corrected chi connectivity index (χ2v) is 6.99. The molecule has 0 spiro atoms. The number of likely N-dealkylation sites (N-methyl/N-ethyl adjacent to an activating group) is 1. The average Bonchev–Trinajstić information content (AvgIpc) is 2.68. The predicted molar refractivity (Wildman–Crippen MR) is 112 cm³/mol. The Kier molecular flexibility index (Phi) is 7.99. The summed E-state index contributed by atoms with van der Waals surface area (Å²) in [5.41, 5.74) is 2.65. The minimum Gasteiger partial charge on any atom is -0.356 e. The minimum absolute atomic E-state index is 0.0443. The van der Waals surface area contributed by atoms with Crippen molar-refractivity contribution in [1.82, 2.24) is 15.5 Å². The molecule has 0 saturated carbocycles. The van der Waals surface area contributed by atoms with E-state index >= 15 is 0 Å². The number of nitrogens with one attached hydrogen (secondary N) is 2. The van der Waals surface area contributed by atoms with Gasteiger partial charge >= 0.3 is 0 Å². The summed E-state index contributed by atoms with van der Waals surface area (Å²) >= 11 is 0. The molecule has 0 fully saturated rings. The van der Waals surface area contributed by atoms with Crippen LogP contribution in [-0.2, 0) is 11.2 Å². The van der Waals surface area contributed by atoms with Crippen LogP contribution < -0.4 is 10.6 Å². The van der Waals surface area contributed by atoms with Gasteiger partial charge in [-0.05, 0) is 43.0 Å². The first kappa shape index (κ1) is 21.4. The third-order valence-corrected chi connectivity index (χ3v) is 4.47. The average molecular weight is 384 g/mol. The van der Waals surface area contributed by atoms with Crippen molar-refractivity contribution < 1.29 is 9.18 Å². The number of rotatable bonds is 7. The first-order valence-electron chi connectivity index (χ1n) is 9.42. The van der Waals surface area contributed by atoms with Gasteiger partial charge in [0, 0.05) is 20.6 Å². The molecule has 5 nitrogen and oxygen atoms in total. The van der Waals surface area contributed by atoms with Crippen molar-refractivity contribution in [3.05, 3.63) is 71.0 Å². The Bertz CT molecular complexity index is 805. The number of nitrogens with zero attached hydrogens (tertiary/aromatic N) is 2. The standard InChI is InChI=1S/C22H29FN4O/c1-16-10-11-19(14-20(16)23)17(2)26-22(25-15-21(28)27(3)4)24-13-12-18-8-6-5-7-9-18/h5-11,14,17H,12-13,15H2,1-4H3,(H2,24,25,26). The monoisotopic (exact) mass is 384 g/mol. The summed E-state index contributed by atoms with van der Waals surface area (Å²) in [6.07, 6.45) is 0.830. The van der Waals surface area contributed by atoms with E-state index in [0.29, 0.717) is 18.1 Å². The number of hydrogen-bond acceptors (Lipinski definition) is 2. The van der Waals surface area contributed by atoms with E-state index in [4.69, 9.17) is 0 Å². The maximum Gasteiger partial charge on any atom is 0.243 e. The van der Waals surface area contributed by atoms with Crippen LogP contribution in [-0.4, -0.2) is 44.0 Å². The van der Waals surface area contributed by atoms with Gasteiger partial charge in [0.1, 0.15) is 12.4 Å². The number of carbonyl (C=O) groups excluding carboxylic acids is 1. The third kappa shape index (κ3) is 6.68. The van der Waals surface area contributed by atoms with Crippen molar-refractivity contribution >= 4 is 11.9 Å². The first-order chi connectivity index (χ1) is 13.4. The molecule has 1 amide bonds. The van der Waals surface area contributed by atoms with Crippen molar-refractivity contribution in [2.45, 2.75) is 26.3 Å². The van der Waals surface area contributed by atoms with Gasteiger partial charge in [-0.25, -0.2) is 9.38 Å². The second-order valence-electron chi connectivity index (χ2n) is 6.99. The van der Waals surface area contributed by atoms with Crippen molar-refractivity contribution in [2.75, 3.05) is 27.2 Å². The van der Waals surface area contributed by atoms with E-state index in [1.807, 2.05) is 31.2 Å². The van der Waals surface area contributed by atoms with E-state index in [1.165, 1.54) is 16.5 Å². The Morgan fingerprint density at radius 3 is 2.54 bits per heavy atom. The van der Waals surface area contributed by atoms with Crippen LogP contribution in [0.3, 0.4) is 0 Å². The lowest BCUT2D eigenvalue weighted by molar-refractivity contribution is -0.127. The second kappa shape index (κ2) is 10.4. The predicted octanol–water partition coefficient (Wildman–Crippen LogP) is 3.06. The molecular formula is C22H29FN4O. The van der Waals surface area contributed by atoms with Crippen LogP contribution in [0.25, 0.3) is 0 Å². The molecule has 2 rings (SSSR count). The number of carbonyl (C=O) groups is 1. The van der Waals surface area contributed by atoms with Crippen LogP contribution in [0, 0.1) is 12.7 Å². The molecule has 0 bridgehead atoms. The smallest absolute Gasteiger partial charge is 0.243 e. The van der Waals surface area contributed by atoms with Gasteiger partial charge in [-0.3, -0.25) is 4.79 Å². The molecule has 2 aromatic rings. The zero-order valence-electron chi connectivity index (χ0n) is 17.0. The lowest BCUT2D eigenvalue weighted by Gasteiger charge is -2.19. The lowest BCUT2D eigenvalue weighted by atomic mass is 10.1. The van der Waals surface area contributed by atoms with Gasteiger partial charge in [0.15, 0.2) is 5.96 Å². The highest BCUT2D eigenvalue weighted by molar-refractivity contribution is 5.85. The SMILES string of the molecule is Cc1ccc(C(C)NC(=NCC(=O)N(C)C)NCCc2ccccc2)cc1F. The Morgan fingerprint density at radius 2 is 1.89 bits per heavy atom. The van der Waals surface area contributed by atoms with Gasteiger partial charge in [-0.1, -0.05) is 42.5 Å². The van der Waals surface area contributed by atoms with Gasteiger partial charge in [0.25, 0.3) is 0 Å². The number of hydrogen-bond donors (Lipinski definition) is 2. The molecule has 0 aliphatic heterocycles. The number of halogens is 1. The Hall–Kier alpha value is -2.89. The molecule has 0 aliphatic carbocycles. The van der Waals surface area contributed by atoms with E-state index < -0.39 is 0 Å². The lowest BCUT2D eigenvalue weighted by Crippen LogP contribution is -2.40. The van der Waals surface area contributed by atoms with Crippen LogP contribution in [0.2, 0.25) is 0 Å². The summed E-state index contributed by atoms with van der Waals surface area (Å²) < 4.78 is 13.9. The summed E-state index contributed by atoms with van der Waals surface area (Å²) in [7, 11) is 3.40. The highest BCUT2D eigenvalue weighted by atomic mass is 19.1. The molecule has 1 unspecified atom stereocenters. The Balaban J connectivity index is 2.04. The molecule has 0 heterocycles. The zero-order valence-corrected chi connectivity index (χ0v) is 17.0.